The van der Waals surface area contributed by atoms with Crippen LogP contribution in [0.3, 0.4) is 0 Å². The summed E-state index contributed by atoms with van der Waals surface area (Å²) in [7, 11) is 6.87. The molecular weight excluding hydrogens is 308 g/mol. The predicted molar refractivity (Wildman–Crippen MR) is 92.3 cm³/mol. The van der Waals surface area contributed by atoms with Crippen LogP contribution in [0.15, 0.2) is 29.5 Å². The van der Waals surface area contributed by atoms with E-state index in [0.29, 0.717) is 12.5 Å². The van der Waals surface area contributed by atoms with E-state index in [-0.39, 0.29) is 6.04 Å². The molecule has 1 aromatic heterocycles. The van der Waals surface area contributed by atoms with Gasteiger partial charge >= 0.3 is 0 Å². The summed E-state index contributed by atoms with van der Waals surface area (Å²) in [5, 5.41) is 10.6. The van der Waals surface area contributed by atoms with Gasteiger partial charge in [0.15, 0.2) is 5.96 Å². The summed E-state index contributed by atoms with van der Waals surface area (Å²) in [5.74, 6) is 3.06. The number of aryl methyl sites for hydroxylation is 1. The fourth-order valence-corrected chi connectivity index (χ4v) is 2.30. The quantitative estimate of drug-likeness (QED) is 0.612. The molecule has 0 aliphatic heterocycles. The van der Waals surface area contributed by atoms with Gasteiger partial charge in [-0.05, 0) is 25.1 Å². The molecule has 0 aliphatic rings. The van der Waals surface area contributed by atoms with Crippen LogP contribution in [0.25, 0.3) is 0 Å². The highest BCUT2D eigenvalue weighted by Crippen LogP contribution is 2.29. The molecule has 130 valence electrons. The van der Waals surface area contributed by atoms with Crippen LogP contribution in [0.4, 0.5) is 0 Å². The number of nitrogens with one attached hydrogen (secondary N) is 2. The van der Waals surface area contributed by atoms with Gasteiger partial charge < -0.3 is 20.1 Å². The summed E-state index contributed by atoms with van der Waals surface area (Å²) in [5.41, 5.74) is 0.985. The Morgan fingerprint density at radius 2 is 2.12 bits per heavy atom. The Kier molecular flexibility index (Phi) is 6.00. The Morgan fingerprint density at radius 1 is 1.33 bits per heavy atom. The first kappa shape index (κ1) is 17.6. The van der Waals surface area contributed by atoms with Gasteiger partial charge in [-0.2, -0.15) is 5.10 Å². The van der Waals surface area contributed by atoms with Crippen molar-refractivity contribution in [1.29, 1.82) is 0 Å². The Morgan fingerprint density at radius 3 is 2.71 bits per heavy atom. The molecule has 0 bridgehead atoms. The van der Waals surface area contributed by atoms with Crippen LogP contribution in [0, 0.1) is 0 Å². The molecule has 0 amide bonds. The number of aromatic nitrogens is 3. The molecule has 0 fully saturated rings. The van der Waals surface area contributed by atoms with Crippen molar-refractivity contribution in [2.24, 2.45) is 12.0 Å². The molecule has 0 saturated heterocycles. The molecule has 0 aliphatic carbocycles. The molecule has 1 aromatic carbocycles. The standard InChI is InChI=1S/C16H24N6O2/c1-11(13-8-12(23-4)6-7-14(13)24-5)21-16(17-2)18-9-15-19-10-20-22(15)3/h6-8,10-11H,9H2,1-5H3,(H2,17,18,21). The number of benzene rings is 1. The van der Waals surface area contributed by atoms with Gasteiger partial charge in [0.05, 0.1) is 26.8 Å². The third-order valence-electron chi connectivity index (χ3n) is 3.70. The first-order chi connectivity index (χ1) is 11.6. The van der Waals surface area contributed by atoms with Gasteiger partial charge in [-0.25, -0.2) is 4.98 Å². The van der Waals surface area contributed by atoms with Crippen LogP contribution in [0.1, 0.15) is 24.4 Å². The van der Waals surface area contributed by atoms with Gasteiger partial charge in [0.25, 0.3) is 0 Å². The Bertz CT molecular complexity index is 698. The zero-order valence-corrected chi connectivity index (χ0v) is 14.7. The van der Waals surface area contributed by atoms with Crippen molar-refractivity contribution < 1.29 is 9.47 Å². The van der Waals surface area contributed by atoms with Crippen LogP contribution in [0.5, 0.6) is 11.5 Å². The number of hydrogen-bond acceptors (Lipinski definition) is 5. The van der Waals surface area contributed by atoms with Crippen LogP contribution < -0.4 is 20.1 Å². The van der Waals surface area contributed by atoms with Crippen LogP contribution in [-0.2, 0) is 13.6 Å². The van der Waals surface area contributed by atoms with Crippen molar-refractivity contribution in [2.75, 3.05) is 21.3 Å². The lowest BCUT2D eigenvalue weighted by molar-refractivity contribution is 0.394. The van der Waals surface area contributed by atoms with Crippen LogP contribution in [0.2, 0.25) is 0 Å². The highest BCUT2D eigenvalue weighted by molar-refractivity contribution is 5.80. The molecule has 2 aromatic rings. The Labute approximate surface area is 141 Å². The lowest BCUT2D eigenvalue weighted by Crippen LogP contribution is -2.38. The van der Waals surface area contributed by atoms with E-state index in [1.165, 1.54) is 6.33 Å². The minimum Gasteiger partial charge on any atom is -0.497 e. The molecular formula is C16H24N6O2. The number of rotatable bonds is 6. The van der Waals surface area contributed by atoms with E-state index >= 15 is 0 Å². The van der Waals surface area contributed by atoms with Gasteiger partial charge in [0, 0.05) is 19.7 Å². The molecule has 1 atom stereocenters. The lowest BCUT2D eigenvalue weighted by Gasteiger charge is -2.20. The number of nitrogens with zero attached hydrogens (tertiary/aromatic N) is 4. The summed E-state index contributed by atoms with van der Waals surface area (Å²) in [4.78, 5) is 8.43. The van der Waals surface area contributed by atoms with E-state index in [2.05, 4.69) is 25.7 Å². The second kappa shape index (κ2) is 8.19. The molecule has 0 spiro atoms. The molecule has 1 unspecified atom stereocenters. The second-order valence-electron chi connectivity index (χ2n) is 5.20. The van der Waals surface area contributed by atoms with Crippen LogP contribution >= 0.6 is 0 Å². The predicted octanol–water partition coefficient (Wildman–Crippen LogP) is 1.26. The first-order valence-corrected chi connectivity index (χ1v) is 7.61. The fraction of sp³-hybridized carbons (Fsp3) is 0.438. The molecule has 1 heterocycles. The van der Waals surface area contributed by atoms with Gasteiger partial charge in [0.2, 0.25) is 0 Å². The van der Waals surface area contributed by atoms with Gasteiger partial charge in [-0.1, -0.05) is 0 Å². The SMILES string of the molecule is CN=C(NCc1ncnn1C)NC(C)c1cc(OC)ccc1OC. The summed E-state index contributed by atoms with van der Waals surface area (Å²) >= 11 is 0. The molecule has 2 rings (SSSR count). The monoisotopic (exact) mass is 332 g/mol. The van der Waals surface area contributed by atoms with Gasteiger partial charge in [0.1, 0.15) is 23.7 Å². The number of guanidine groups is 1. The van der Waals surface area contributed by atoms with Crippen molar-refractivity contribution in [3.8, 4) is 11.5 Å². The van der Waals surface area contributed by atoms with Crippen molar-refractivity contribution in [3.63, 3.8) is 0 Å². The van der Waals surface area contributed by atoms with E-state index in [1.54, 1.807) is 25.9 Å². The fourth-order valence-electron chi connectivity index (χ4n) is 2.30. The van der Waals surface area contributed by atoms with E-state index in [4.69, 9.17) is 9.47 Å². The summed E-state index contributed by atoms with van der Waals surface area (Å²) in [6.07, 6.45) is 1.52. The van der Waals surface area contributed by atoms with E-state index in [9.17, 15) is 0 Å². The van der Waals surface area contributed by atoms with Gasteiger partial charge in [-0.3, -0.25) is 9.67 Å². The Hall–Kier alpha value is -2.77. The molecule has 0 radical (unpaired) electrons. The number of hydrogen-bond donors (Lipinski definition) is 2. The maximum absolute atomic E-state index is 5.44. The highest BCUT2D eigenvalue weighted by Gasteiger charge is 2.14. The van der Waals surface area contributed by atoms with E-state index < -0.39 is 0 Å². The number of methoxy groups -OCH3 is 2. The third-order valence-corrected chi connectivity index (χ3v) is 3.70. The maximum atomic E-state index is 5.44. The summed E-state index contributed by atoms with van der Waals surface area (Å²) in [6.45, 7) is 2.56. The maximum Gasteiger partial charge on any atom is 0.191 e. The zero-order valence-electron chi connectivity index (χ0n) is 14.7. The van der Waals surface area contributed by atoms with Crippen molar-refractivity contribution in [1.82, 2.24) is 25.4 Å². The second-order valence-corrected chi connectivity index (χ2v) is 5.20. The zero-order chi connectivity index (χ0) is 17.5. The minimum atomic E-state index is -0.0271. The average Bonchev–Trinajstić information content (AvgIpc) is 3.02. The van der Waals surface area contributed by atoms with Crippen molar-refractivity contribution in [3.05, 3.63) is 35.9 Å². The Balaban J connectivity index is 2.06. The molecule has 2 N–H and O–H groups in total. The third kappa shape index (κ3) is 4.15. The molecule has 8 nitrogen and oxygen atoms in total. The first-order valence-electron chi connectivity index (χ1n) is 7.61. The van der Waals surface area contributed by atoms with Crippen molar-refractivity contribution in [2.45, 2.75) is 19.5 Å². The van der Waals surface area contributed by atoms with Gasteiger partial charge in [-0.15, -0.1) is 0 Å². The smallest absolute Gasteiger partial charge is 0.191 e. The highest BCUT2D eigenvalue weighted by atomic mass is 16.5. The largest absolute Gasteiger partial charge is 0.497 e. The summed E-state index contributed by atoms with van der Waals surface area (Å²) in [6, 6.07) is 5.69. The van der Waals surface area contributed by atoms with Crippen LogP contribution in [-0.4, -0.2) is 42.0 Å². The molecule has 8 heteroatoms. The van der Waals surface area contributed by atoms with E-state index in [0.717, 1.165) is 22.9 Å². The molecule has 0 saturated carbocycles. The normalized spacial score (nSPS) is 12.6. The van der Waals surface area contributed by atoms with Crippen molar-refractivity contribution >= 4 is 5.96 Å². The topological polar surface area (TPSA) is 85.6 Å². The number of ether oxygens (including phenoxy) is 2. The summed E-state index contributed by atoms with van der Waals surface area (Å²) < 4.78 is 12.5. The minimum absolute atomic E-state index is 0.0271. The average molecular weight is 332 g/mol. The number of aliphatic imine (C=N–C) groups is 1. The lowest BCUT2D eigenvalue weighted by atomic mass is 10.1. The van der Waals surface area contributed by atoms with E-state index in [1.807, 2.05) is 32.2 Å². The molecule has 24 heavy (non-hydrogen) atoms.